The van der Waals surface area contributed by atoms with Crippen LogP contribution < -0.4 is 5.32 Å². The van der Waals surface area contributed by atoms with Crippen LogP contribution in [0.3, 0.4) is 0 Å². The van der Waals surface area contributed by atoms with E-state index in [1.165, 1.54) is 11.3 Å². The van der Waals surface area contributed by atoms with Crippen molar-refractivity contribution in [3.05, 3.63) is 23.7 Å². The number of thiazole rings is 1. The van der Waals surface area contributed by atoms with E-state index in [4.69, 9.17) is 0 Å². The first kappa shape index (κ1) is 14.3. The van der Waals surface area contributed by atoms with E-state index in [9.17, 15) is 9.59 Å². The fourth-order valence-corrected chi connectivity index (χ4v) is 3.56. The maximum atomic E-state index is 12.6. The Balaban J connectivity index is 1.65. The molecule has 1 aliphatic carbocycles. The second-order valence-electron chi connectivity index (χ2n) is 5.50. The molecule has 1 fully saturated rings. The van der Waals surface area contributed by atoms with Crippen LogP contribution in [0.4, 0.5) is 5.13 Å². The molecule has 0 saturated carbocycles. The van der Waals surface area contributed by atoms with E-state index in [0.29, 0.717) is 11.7 Å². The molecule has 0 radical (unpaired) electrons. The SMILES string of the molecule is O=C(Nc1nccs1)C1CCCN1C(=O)C1CC=CCC1. The fraction of sp³-hybridized carbons (Fsp3) is 0.533. The van der Waals surface area contributed by atoms with E-state index >= 15 is 0 Å². The maximum Gasteiger partial charge on any atom is 0.248 e. The molecule has 0 spiro atoms. The van der Waals surface area contributed by atoms with Crippen LogP contribution in [0.1, 0.15) is 32.1 Å². The monoisotopic (exact) mass is 305 g/mol. The molecule has 2 unspecified atom stereocenters. The van der Waals surface area contributed by atoms with E-state index in [-0.39, 0.29) is 23.8 Å². The number of anilines is 1. The number of nitrogens with zero attached hydrogens (tertiary/aromatic N) is 2. The first-order chi connectivity index (χ1) is 10.3. The Hall–Kier alpha value is -1.69. The van der Waals surface area contributed by atoms with E-state index in [2.05, 4.69) is 22.5 Å². The lowest BCUT2D eigenvalue weighted by Crippen LogP contribution is -2.45. The first-order valence-electron chi connectivity index (χ1n) is 7.41. The van der Waals surface area contributed by atoms with Crippen LogP contribution in [-0.4, -0.2) is 34.3 Å². The summed E-state index contributed by atoms with van der Waals surface area (Å²) in [4.78, 5) is 30.8. The smallest absolute Gasteiger partial charge is 0.248 e. The molecule has 1 aromatic heterocycles. The van der Waals surface area contributed by atoms with Crippen molar-refractivity contribution in [3.8, 4) is 0 Å². The van der Waals surface area contributed by atoms with Crippen molar-refractivity contribution in [3.63, 3.8) is 0 Å². The van der Waals surface area contributed by atoms with E-state index in [0.717, 1.165) is 32.1 Å². The van der Waals surface area contributed by atoms with Gasteiger partial charge in [0.1, 0.15) is 6.04 Å². The summed E-state index contributed by atoms with van der Waals surface area (Å²) >= 11 is 1.39. The Bertz CT molecular complexity index is 541. The summed E-state index contributed by atoms with van der Waals surface area (Å²) in [6.07, 6.45) is 10.2. The van der Waals surface area contributed by atoms with Gasteiger partial charge in [-0.25, -0.2) is 4.98 Å². The molecule has 1 aromatic rings. The normalized spacial score (nSPS) is 25.0. The fourth-order valence-electron chi connectivity index (χ4n) is 3.03. The van der Waals surface area contributed by atoms with Crippen LogP contribution >= 0.6 is 11.3 Å². The molecule has 2 atom stereocenters. The average Bonchev–Trinajstić information content (AvgIpc) is 3.18. The van der Waals surface area contributed by atoms with Crippen molar-refractivity contribution in [1.29, 1.82) is 0 Å². The molecule has 112 valence electrons. The van der Waals surface area contributed by atoms with Gasteiger partial charge >= 0.3 is 0 Å². The van der Waals surface area contributed by atoms with Crippen LogP contribution in [0.15, 0.2) is 23.7 Å². The lowest BCUT2D eigenvalue weighted by Gasteiger charge is -2.28. The van der Waals surface area contributed by atoms with Gasteiger partial charge in [0.15, 0.2) is 5.13 Å². The van der Waals surface area contributed by atoms with E-state index in [1.807, 2.05) is 5.38 Å². The molecule has 0 aromatic carbocycles. The number of nitrogens with one attached hydrogen (secondary N) is 1. The number of rotatable bonds is 3. The predicted molar refractivity (Wildman–Crippen MR) is 82.0 cm³/mol. The van der Waals surface area contributed by atoms with Gasteiger partial charge in [-0.15, -0.1) is 11.3 Å². The topological polar surface area (TPSA) is 62.3 Å². The Morgan fingerprint density at radius 1 is 1.33 bits per heavy atom. The molecule has 1 saturated heterocycles. The molecular weight excluding hydrogens is 286 g/mol. The second-order valence-corrected chi connectivity index (χ2v) is 6.39. The third-order valence-electron chi connectivity index (χ3n) is 4.12. The molecule has 6 heteroatoms. The molecule has 2 aliphatic rings. The van der Waals surface area contributed by atoms with Gasteiger partial charge in [-0.3, -0.25) is 9.59 Å². The number of hydrogen-bond donors (Lipinski definition) is 1. The highest BCUT2D eigenvalue weighted by atomic mass is 32.1. The lowest BCUT2D eigenvalue weighted by atomic mass is 9.93. The largest absolute Gasteiger partial charge is 0.330 e. The predicted octanol–water partition coefficient (Wildman–Crippen LogP) is 2.43. The summed E-state index contributed by atoms with van der Waals surface area (Å²) < 4.78 is 0. The number of allylic oxidation sites excluding steroid dienone is 2. The summed E-state index contributed by atoms with van der Waals surface area (Å²) in [7, 11) is 0. The van der Waals surface area contributed by atoms with Crippen LogP contribution in [0, 0.1) is 5.92 Å². The molecule has 0 bridgehead atoms. The van der Waals surface area contributed by atoms with Crippen molar-refractivity contribution >= 4 is 28.3 Å². The third-order valence-corrected chi connectivity index (χ3v) is 4.81. The van der Waals surface area contributed by atoms with E-state index < -0.39 is 0 Å². The molecule has 1 N–H and O–H groups in total. The minimum Gasteiger partial charge on any atom is -0.330 e. The highest BCUT2D eigenvalue weighted by Gasteiger charge is 2.37. The van der Waals surface area contributed by atoms with Gasteiger partial charge < -0.3 is 10.2 Å². The van der Waals surface area contributed by atoms with Gasteiger partial charge in [0.05, 0.1) is 0 Å². The van der Waals surface area contributed by atoms with Crippen molar-refractivity contribution in [2.24, 2.45) is 5.92 Å². The van der Waals surface area contributed by atoms with Gasteiger partial charge in [0, 0.05) is 24.0 Å². The van der Waals surface area contributed by atoms with Gasteiger partial charge in [0.2, 0.25) is 11.8 Å². The van der Waals surface area contributed by atoms with Gasteiger partial charge in [0.25, 0.3) is 0 Å². The summed E-state index contributed by atoms with van der Waals surface area (Å²) in [5.41, 5.74) is 0. The van der Waals surface area contributed by atoms with Crippen LogP contribution in [0.2, 0.25) is 0 Å². The summed E-state index contributed by atoms with van der Waals surface area (Å²) in [5, 5.41) is 5.23. The minimum atomic E-state index is -0.340. The van der Waals surface area contributed by atoms with Crippen LogP contribution in [0.25, 0.3) is 0 Å². The number of carbonyl (C=O) groups is 2. The number of amides is 2. The van der Waals surface area contributed by atoms with Gasteiger partial charge in [-0.2, -0.15) is 0 Å². The van der Waals surface area contributed by atoms with Crippen LogP contribution in [-0.2, 0) is 9.59 Å². The van der Waals surface area contributed by atoms with E-state index in [1.54, 1.807) is 11.1 Å². The zero-order valence-electron chi connectivity index (χ0n) is 11.8. The van der Waals surface area contributed by atoms with Crippen LogP contribution in [0.5, 0.6) is 0 Å². The molecule has 2 amide bonds. The Kier molecular flexibility index (Phi) is 4.34. The molecule has 5 nitrogen and oxygen atoms in total. The summed E-state index contributed by atoms with van der Waals surface area (Å²) in [6, 6.07) is -0.340. The standard InChI is InChI=1S/C15H19N3O2S/c19-13(17-15-16-8-10-21-15)12-7-4-9-18(12)14(20)11-5-2-1-3-6-11/h1-2,8,10-12H,3-7,9H2,(H,16,17,19). The Morgan fingerprint density at radius 3 is 2.95 bits per heavy atom. The maximum absolute atomic E-state index is 12.6. The second kappa shape index (κ2) is 6.39. The third kappa shape index (κ3) is 3.15. The average molecular weight is 305 g/mol. The zero-order chi connectivity index (χ0) is 14.7. The van der Waals surface area contributed by atoms with Crippen molar-refractivity contribution in [2.45, 2.75) is 38.1 Å². The molecular formula is C15H19N3O2S. The first-order valence-corrected chi connectivity index (χ1v) is 8.29. The molecule has 1 aliphatic heterocycles. The molecule has 21 heavy (non-hydrogen) atoms. The highest BCUT2D eigenvalue weighted by molar-refractivity contribution is 7.13. The number of carbonyl (C=O) groups excluding carboxylic acids is 2. The number of hydrogen-bond acceptors (Lipinski definition) is 4. The van der Waals surface area contributed by atoms with Crippen molar-refractivity contribution in [1.82, 2.24) is 9.88 Å². The Labute approximate surface area is 128 Å². The quantitative estimate of drug-likeness (QED) is 0.872. The highest BCUT2D eigenvalue weighted by Crippen LogP contribution is 2.26. The summed E-state index contributed by atoms with van der Waals surface area (Å²) in [5.74, 6) is 0.0709. The van der Waals surface area contributed by atoms with Crippen molar-refractivity contribution < 1.29 is 9.59 Å². The summed E-state index contributed by atoms with van der Waals surface area (Å²) in [6.45, 7) is 0.689. The number of aromatic nitrogens is 1. The molecule has 2 heterocycles. The van der Waals surface area contributed by atoms with Crippen molar-refractivity contribution in [2.75, 3.05) is 11.9 Å². The number of likely N-dealkylation sites (tertiary alicyclic amines) is 1. The minimum absolute atomic E-state index is 0.0447. The van der Waals surface area contributed by atoms with Gasteiger partial charge in [-0.05, 0) is 32.1 Å². The molecule has 3 rings (SSSR count). The lowest BCUT2D eigenvalue weighted by molar-refractivity contribution is -0.140. The Morgan fingerprint density at radius 2 is 2.24 bits per heavy atom. The zero-order valence-corrected chi connectivity index (χ0v) is 12.6. The van der Waals surface area contributed by atoms with Gasteiger partial charge in [-0.1, -0.05) is 12.2 Å².